The summed E-state index contributed by atoms with van der Waals surface area (Å²) in [6, 6.07) is 125. The first-order valence-corrected chi connectivity index (χ1v) is 36.8. The molecule has 0 aliphatic heterocycles. The van der Waals surface area contributed by atoms with Gasteiger partial charge >= 0.3 is 0 Å². The lowest BCUT2D eigenvalue weighted by Crippen LogP contribution is -2.25. The molecule has 108 heavy (non-hydrogen) atoms. The topological polar surface area (TPSA) is 88.0 Å². The van der Waals surface area contributed by atoms with E-state index in [1.54, 1.807) is 0 Å². The number of rotatable bonds is 8. The van der Waals surface area contributed by atoms with Crippen molar-refractivity contribution in [1.29, 1.82) is 0 Å². The summed E-state index contributed by atoms with van der Waals surface area (Å²) in [5, 5.41) is 10.3. The molecule has 0 saturated heterocycles. The Morgan fingerprint density at radius 1 is 0.222 bits per heavy atom. The van der Waals surface area contributed by atoms with Crippen LogP contribution in [0.3, 0.4) is 0 Å². The van der Waals surface area contributed by atoms with Crippen molar-refractivity contribution in [3.05, 3.63) is 368 Å². The largest absolute Gasteiger partial charge is 0.456 e. The Morgan fingerprint density at radius 2 is 0.620 bits per heavy atom. The summed E-state index contributed by atoms with van der Waals surface area (Å²) in [7, 11) is 0. The Hall–Kier alpha value is -14.5. The molecule has 24 rings (SSSR count). The van der Waals surface area contributed by atoms with Gasteiger partial charge < -0.3 is 22.4 Å². The predicted molar refractivity (Wildman–Crippen MR) is 439 cm³/mol. The van der Waals surface area contributed by atoms with Crippen molar-refractivity contribution in [3.63, 3.8) is 0 Å². The first kappa shape index (κ1) is 59.0. The third-order valence-corrected chi connectivity index (χ3v) is 23.2. The van der Waals surface area contributed by atoms with E-state index in [0.717, 1.165) is 133 Å². The SMILES string of the molecule is c1ccc(-c2cccc(-n3c4ccccc4c4cc(-c5ccc6oc7cccc(-c8nc(-c9cccc%10oc%11ccccc%11c9%10)nc(-c9cccc%10oc%11ccc(-c%12ccc%13c(c%12)c%12ccc%14c(c%12n%13-c%12ccccc%12)-c%12ccccc%12C%14%12c%13ccccc%13-c%13ccccc%13%12)cc%11c9%10)n8)c7c6c5)ccc43)c2)cc1. The number of para-hydroxylation sites is 3. The second kappa shape index (κ2) is 22.3. The first-order chi connectivity index (χ1) is 53.5. The minimum absolute atomic E-state index is 0.485. The molecule has 2 aliphatic rings. The second-order valence-electron chi connectivity index (χ2n) is 28.7. The normalized spacial score (nSPS) is 12.9. The van der Waals surface area contributed by atoms with Crippen molar-refractivity contribution < 1.29 is 13.3 Å². The van der Waals surface area contributed by atoms with Crippen molar-refractivity contribution in [1.82, 2.24) is 24.1 Å². The summed E-state index contributed by atoms with van der Waals surface area (Å²) in [4.78, 5) is 16.7. The maximum absolute atomic E-state index is 6.89. The quantitative estimate of drug-likeness (QED) is 0.151. The van der Waals surface area contributed by atoms with Crippen LogP contribution in [0.25, 0.3) is 211 Å². The van der Waals surface area contributed by atoms with Crippen LogP contribution in [-0.4, -0.2) is 24.1 Å². The summed E-state index contributed by atoms with van der Waals surface area (Å²) in [5.41, 5.74) is 30.3. The van der Waals surface area contributed by atoms with Crippen LogP contribution in [0.5, 0.6) is 0 Å². The lowest BCUT2D eigenvalue weighted by molar-refractivity contribution is 0.668. The molecular weight excluding hydrogens is 1320 g/mol. The Balaban J connectivity index is 0.674. The third-order valence-electron chi connectivity index (χ3n) is 23.2. The molecule has 2 aliphatic carbocycles. The Kier molecular flexibility index (Phi) is 12.2. The standard InChI is InChI=1S/C100H57N5O3/c1-3-21-58(22-4-1)59-23-17-26-65(53-59)104-83-38-15-10-29-68(83)75-54-60(43-49-84(75)104)62-45-51-87-77(56-62)93-73(33-19-41-90(93)107-87)98-101-97(72-32-18-40-89-92(72)71-31-11-16-39-86(71)106-89)102-99(103-98)74-34-20-42-91-94(74)78-57-63(46-52-88(78)108-91)61-44-50-85-76(55-61)69-47-48-82-95(96(69)105(85)64-24-5-2-6-25-64)70-30-9-14-37-81(70)100(82)79-35-12-7-27-66(79)67-28-8-13-36-80(67)100/h1-57H. The molecule has 0 fully saturated rings. The predicted octanol–water partition coefficient (Wildman–Crippen LogP) is 26.1. The zero-order valence-corrected chi connectivity index (χ0v) is 57.9. The molecule has 1 spiro atoms. The van der Waals surface area contributed by atoms with Gasteiger partial charge in [0.05, 0.1) is 27.5 Å². The average Bonchev–Trinajstić information content (AvgIpc) is 1.50. The van der Waals surface area contributed by atoms with Crippen LogP contribution >= 0.6 is 0 Å². The third kappa shape index (κ3) is 8.25. The van der Waals surface area contributed by atoms with Gasteiger partial charge in [-0.15, -0.1) is 0 Å². The number of aromatic nitrogens is 5. The van der Waals surface area contributed by atoms with Gasteiger partial charge in [0, 0.05) is 87.5 Å². The van der Waals surface area contributed by atoms with Gasteiger partial charge in [-0.1, -0.05) is 243 Å². The van der Waals surface area contributed by atoms with Gasteiger partial charge in [-0.25, -0.2) is 15.0 Å². The van der Waals surface area contributed by atoms with Crippen molar-refractivity contribution in [2.24, 2.45) is 0 Å². The lowest BCUT2D eigenvalue weighted by Gasteiger charge is -2.30. The molecule has 0 saturated carbocycles. The number of hydrogen-bond donors (Lipinski definition) is 0. The van der Waals surface area contributed by atoms with Crippen LogP contribution in [0.2, 0.25) is 0 Å². The van der Waals surface area contributed by atoms with Crippen LogP contribution in [-0.2, 0) is 5.41 Å². The number of nitrogens with zero attached hydrogens (tertiary/aromatic N) is 5. The van der Waals surface area contributed by atoms with E-state index in [2.05, 4.69) is 300 Å². The number of hydrogen-bond acceptors (Lipinski definition) is 6. The van der Waals surface area contributed by atoms with Gasteiger partial charge in [0.25, 0.3) is 0 Å². The van der Waals surface area contributed by atoms with Crippen molar-refractivity contribution in [2.75, 3.05) is 0 Å². The van der Waals surface area contributed by atoms with Crippen LogP contribution in [0.15, 0.2) is 359 Å². The molecule has 8 heteroatoms. The molecule has 0 radical (unpaired) electrons. The van der Waals surface area contributed by atoms with E-state index < -0.39 is 5.41 Å². The molecule has 500 valence electrons. The van der Waals surface area contributed by atoms with E-state index in [0.29, 0.717) is 17.5 Å². The van der Waals surface area contributed by atoms with Gasteiger partial charge in [0.1, 0.15) is 33.5 Å². The summed E-state index contributed by atoms with van der Waals surface area (Å²) in [6.07, 6.45) is 0. The number of furan rings is 3. The average molecular weight is 1380 g/mol. The van der Waals surface area contributed by atoms with E-state index in [1.165, 1.54) is 82.7 Å². The monoisotopic (exact) mass is 1380 g/mol. The van der Waals surface area contributed by atoms with E-state index in [1.807, 2.05) is 54.6 Å². The van der Waals surface area contributed by atoms with Crippen molar-refractivity contribution >= 4 is 109 Å². The molecule has 22 aromatic rings. The fraction of sp³-hybridized carbons (Fsp3) is 0.0100. The van der Waals surface area contributed by atoms with Crippen LogP contribution in [0, 0.1) is 0 Å². The molecule has 0 amide bonds. The maximum atomic E-state index is 6.89. The van der Waals surface area contributed by atoms with E-state index in [4.69, 9.17) is 28.2 Å². The summed E-state index contributed by atoms with van der Waals surface area (Å²) in [6.45, 7) is 0. The molecule has 0 bridgehead atoms. The zero-order valence-electron chi connectivity index (χ0n) is 57.9. The molecule has 0 atom stereocenters. The Bertz CT molecular complexity index is 7590. The number of benzene rings is 16. The molecule has 16 aromatic carbocycles. The number of fused-ring (bicyclic) bond motifs is 26. The fourth-order valence-electron chi connectivity index (χ4n) is 18.7. The molecule has 6 heterocycles. The Labute approximate surface area is 617 Å². The molecule has 8 nitrogen and oxygen atoms in total. The van der Waals surface area contributed by atoms with Crippen molar-refractivity contribution in [2.45, 2.75) is 5.41 Å². The molecule has 6 aromatic heterocycles. The van der Waals surface area contributed by atoms with E-state index in [9.17, 15) is 0 Å². The second-order valence-corrected chi connectivity index (χ2v) is 28.7. The summed E-state index contributed by atoms with van der Waals surface area (Å²) in [5.74, 6) is 1.51. The highest BCUT2D eigenvalue weighted by Crippen LogP contribution is 2.64. The van der Waals surface area contributed by atoms with Gasteiger partial charge in [-0.05, 0) is 175 Å². The highest BCUT2D eigenvalue weighted by atomic mass is 16.3. The lowest BCUT2D eigenvalue weighted by atomic mass is 9.70. The van der Waals surface area contributed by atoms with Crippen LogP contribution in [0.1, 0.15) is 22.3 Å². The smallest absolute Gasteiger partial charge is 0.164 e. The Morgan fingerprint density at radius 3 is 1.22 bits per heavy atom. The van der Waals surface area contributed by atoms with Crippen molar-refractivity contribution in [3.8, 4) is 101 Å². The molecule has 0 unspecified atom stereocenters. The highest BCUT2D eigenvalue weighted by Gasteiger charge is 2.52. The maximum Gasteiger partial charge on any atom is 0.164 e. The van der Waals surface area contributed by atoms with E-state index in [-0.39, 0.29) is 0 Å². The van der Waals surface area contributed by atoms with Gasteiger partial charge in [-0.3, -0.25) is 0 Å². The fourth-order valence-corrected chi connectivity index (χ4v) is 18.7. The van der Waals surface area contributed by atoms with E-state index >= 15 is 0 Å². The first-order valence-electron chi connectivity index (χ1n) is 36.8. The van der Waals surface area contributed by atoms with Crippen LogP contribution < -0.4 is 0 Å². The zero-order chi connectivity index (χ0) is 70.5. The summed E-state index contributed by atoms with van der Waals surface area (Å²) < 4.78 is 25.2. The van der Waals surface area contributed by atoms with Gasteiger partial charge in [-0.2, -0.15) is 0 Å². The minimum atomic E-state index is -0.485. The molecule has 0 N–H and O–H groups in total. The van der Waals surface area contributed by atoms with Gasteiger partial charge in [0.15, 0.2) is 17.5 Å². The van der Waals surface area contributed by atoms with Gasteiger partial charge in [0.2, 0.25) is 0 Å². The minimum Gasteiger partial charge on any atom is -0.456 e. The van der Waals surface area contributed by atoms with Crippen LogP contribution in [0.4, 0.5) is 0 Å². The molecular formula is C100H57N5O3. The summed E-state index contributed by atoms with van der Waals surface area (Å²) >= 11 is 0. The highest BCUT2D eigenvalue weighted by molar-refractivity contribution is 6.20.